The molecule has 0 amide bonds. The summed E-state index contributed by atoms with van der Waals surface area (Å²) >= 11 is 0. The van der Waals surface area contributed by atoms with Gasteiger partial charge in [0, 0.05) is 46.8 Å². The largest absolute Gasteiger partial charge is 0.489 e. The summed E-state index contributed by atoms with van der Waals surface area (Å²) in [6.45, 7) is 6.95. The summed E-state index contributed by atoms with van der Waals surface area (Å²) in [5, 5.41) is 6.67. The molecule has 0 bridgehead atoms. The normalized spacial score (nSPS) is 17.8. The van der Waals surface area contributed by atoms with Gasteiger partial charge >= 0.3 is 0 Å². The number of guanidine groups is 1. The predicted octanol–water partition coefficient (Wildman–Crippen LogP) is 2.74. The van der Waals surface area contributed by atoms with E-state index in [-0.39, 0.29) is 35.7 Å². The molecule has 6 nitrogen and oxygen atoms in total. The third-order valence-corrected chi connectivity index (χ3v) is 4.52. The van der Waals surface area contributed by atoms with Crippen LogP contribution in [0.3, 0.4) is 0 Å². The van der Waals surface area contributed by atoms with Crippen LogP contribution in [-0.2, 0) is 9.47 Å². The van der Waals surface area contributed by atoms with Crippen LogP contribution in [0.5, 0.6) is 5.75 Å². The number of aryl methyl sites for hydroxylation is 1. The number of nitrogens with zero attached hydrogens (tertiary/aromatic N) is 1. The van der Waals surface area contributed by atoms with E-state index >= 15 is 0 Å². The van der Waals surface area contributed by atoms with Crippen molar-refractivity contribution < 1.29 is 14.2 Å². The molecule has 1 aromatic rings. The van der Waals surface area contributed by atoms with Crippen LogP contribution in [0.15, 0.2) is 29.3 Å². The summed E-state index contributed by atoms with van der Waals surface area (Å²) in [6, 6.07) is 8.08. The molecule has 1 saturated heterocycles. The Morgan fingerprint density at radius 2 is 2.04 bits per heavy atom. The molecule has 1 aliphatic rings. The molecule has 26 heavy (non-hydrogen) atoms. The number of hydrogen-bond donors (Lipinski definition) is 2. The molecular weight excluding hydrogens is 445 g/mol. The molecule has 2 rings (SSSR count). The third-order valence-electron chi connectivity index (χ3n) is 4.52. The fourth-order valence-corrected chi connectivity index (χ4v) is 2.86. The second-order valence-electron chi connectivity index (χ2n) is 6.55. The molecule has 0 spiro atoms. The quantitative estimate of drug-likeness (QED) is 0.359. The predicted molar refractivity (Wildman–Crippen MR) is 116 cm³/mol. The van der Waals surface area contributed by atoms with Crippen molar-refractivity contribution in [1.82, 2.24) is 10.6 Å². The SMILES string of the molecule is CN=C(NCC(C)Oc1cccc(C)c1)NCC1(OC)CCOCC1.I. The lowest BCUT2D eigenvalue weighted by Crippen LogP contribution is -2.51. The molecule has 148 valence electrons. The van der Waals surface area contributed by atoms with Crippen LogP contribution in [0.2, 0.25) is 0 Å². The number of hydrogen-bond acceptors (Lipinski definition) is 4. The van der Waals surface area contributed by atoms with Crippen LogP contribution in [-0.4, -0.2) is 58.1 Å². The minimum atomic E-state index is -0.181. The highest BCUT2D eigenvalue weighted by atomic mass is 127. The van der Waals surface area contributed by atoms with Gasteiger partial charge in [0.25, 0.3) is 0 Å². The van der Waals surface area contributed by atoms with Crippen LogP contribution in [0, 0.1) is 6.92 Å². The van der Waals surface area contributed by atoms with Crippen molar-refractivity contribution in [2.45, 2.75) is 38.4 Å². The molecule has 0 aromatic heterocycles. The topological polar surface area (TPSA) is 64.1 Å². The maximum Gasteiger partial charge on any atom is 0.191 e. The highest BCUT2D eigenvalue weighted by molar-refractivity contribution is 14.0. The zero-order valence-electron chi connectivity index (χ0n) is 16.2. The van der Waals surface area contributed by atoms with Gasteiger partial charge in [0.05, 0.1) is 12.1 Å². The smallest absolute Gasteiger partial charge is 0.191 e. The van der Waals surface area contributed by atoms with Gasteiger partial charge in [-0.1, -0.05) is 12.1 Å². The molecule has 1 atom stereocenters. The summed E-state index contributed by atoms with van der Waals surface area (Å²) in [5.41, 5.74) is 1.01. The van der Waals surface area contributed by atoms with E-state index in [1.165, 1.54) is 5.56 Å². The number of ether oxygens (including phenoxy) is 3. The van der Waals surface area contributed by atoms with E-state index in [4.69, 9.17) is 14.2 Å². The number of nitrogens with one attached hydrogen (secondary N) is 2. The van der Waals surface area contributed by atoms with Crippen molar-refractivity contribution in [2.75, 3.05) is 40.5 Å². The molecule has 7 heteroatoms. The van der Waals surface area contributed by atoms with Gasteiger partial charge in [0.15, 0.2) is 5.96 Å². The van der Waals surface area contributed by atoms with E-state index in [1.807, 2.05) is 25.1 Å². The second-order valence-corrected chi connectivity index (χ2v) is 6.55. The van der Waals surface area contributed by atoms with Gasteiger partial charge < -0.3 is 24.8 Å². The molecule has 0 radical (unpaired) electrons. The van der Waals surface area contributed by atoms with Crippen molar-refractivity contribution in [1.29, 1.82) is 0 Å². The van der Waals surface area contributed by atoms with E-state index in [9.17, 15) is 0 Å². The Morgan fingerprint density at radius 3 is 2.65 bits per heavy atom. The summed E-state index contributed by atoms with van der Waals surface area (Å²) in [4.78, 5) is 4.28. The first-order valence-corrected chi connectivity index (χ1v) is 8.88. The molecule has 1 unspecified atom stereocenters. The number of rotatable bonds is 7. The summed E-state index contributed by atoms with van der Waals surface area (Å²) in [7, 11) is 3.53. The molecule has 1 aromatic carbocycles. The van der Waals surface area contributed by atoms with Crippen molar-refractivity contribution in [3.8, 4) is 5.75 Å². The summed E-state index contributed by atoms with van der Waals surface area (Å²) < 4.78 is 17.1. The van der Waals surface area contributed by atoms with Crippen molar-refractivity contribution in [3.05, 3.63) is 29.8 Å². The first-order valence-electron chi connectivity index (χ1n) is 8.88. The Balaban J connectivity index is 0.00000338. The van der Waals surface area contributed by atoms with Crippen LogP contribution in [0.4, 0.5) is 0 Å². The Morgan fingerprint density at radius 1 is 1.31 bits per heavy atom. The van der Waals surface area contributed by atoms with Crippen LogP contribution < -0.4 is 15.4 Å². The lowest BCUT2D eigenvalue weighted by molar-refractivity contribution is -0.0855. The number of aliphatic imine (C=N–C) groups is 1. The lowest BCUT2D eigenvalue weighted by Gasteiger charge is -2.36. The monoisotopic (exact) mass is 477 g/mol. The maximum atomic E-state index is 5.94. The Hall–Kier alpha value is -1.06. The van der Waals surface area contributed by atoms with Gasteiger partial charge in [-0.3, -0.25) is 4.99 Å². The highest BCUT2D eigenvalue weighted by Crippen LogP contribution is 2.23. The average molecular weight is 477 g/mol. The van der Waals surface area contributed by atoms with Crippen molar-refractivity contribution in [3.63, 3.8) is 0 Å². The molecule has 1 aliphatic heterocycles. The van der Waals surface area contributed by atoms with E-state index in [0.717, 1.165) is 37.8 Å². The van der Waals surface area contributed by atoms with E-state index in [1.54, 1.807) is 14.2 Å². The molecule has 1 fully saturated rings. The lowest BCUT2D eigenvalue weighted by atomic mass is 9.94. The molecule has 1 heterocycles. The Labute approximate surface area is 174 Å². The van der Waals surface area contributed by atoms with Gasteiger partial charge in [-0.25, -0.2) is 0 Å². The molecule has 0 saturated carbocycles. The zero-order chi connectivity index (χ0) is 18.1. The van der Waals surface area contributed by atoms with Crippen LogP contribution >= 0.6 is 24.0 Å². The Bertz CT molecular complexity index is 563. The summed E-state index contributed by atoms with van der Waals surface area (Å²) in [5.74, 6) is 1.64. The molecule has 0 aliphatic carbocycles. The van der Waals surface area contributed by atoms with Crippen molar-refractivity contribution in [2.24, 2.45) is 4.99 Å². The average Bonchev–Trinajstić information content (AvgIpc) is 2.62. The third kappa shape index (κ3) is 7.28. The second kappa shape index (κ2) is 11.6. The maximum absolute atomic E-state index is 5.94. The molecule has 2 N–H and O–H groups in total. The van der Waals surface area contributed by atoms with Gasteiger partial charge in [-0.2, -0.15) is 0 Å². The van der Waals surface area contributed by atoms with Gasteiger partial charge in [0.1, 0.15) is 11.9 Å². The zero-order valence-corrected chi connectivity index (χ0v) is 18.5. The summed E-state index contributed by atoms with van der Waals surface area (Å²) in [6.07, 6.45) is 1.81. The van der Waals surface area contributed by atoms with Crippen molar-refractivity contribution >= 4 is 29.9 Å². The fraction of sp³-hybridized carbons (Fsp3) is 0.632. The fourth-order valence-electron chi connectivity index (χ4n) is 2.86. The first-order chi connectivity index (χ1) is 12.1. The van der Waals surface area contributed by atoms with Crippen LogP contribution in [0.1, 0.15) is 25.3 Å². The Kier molecular flexibility index (Phi) is 10.3. The highest BCUT2D eigenvalue weighted by Gasteiger charge is 2.32. The molecular formula is C19H32IN3O3. The van der Waals surface area contributed by atoms with Gasteiger partial charge in [0.2, 0.25) is 0 Å². The minimum absolute atomic E-state index is 0. The number of benzene rings is 1. The number of methoxy groups -OCH3 is 1. The first kappa shape index (κ1) is 23.0. The van der Waals surface area contributed by atoms with E-state index < -0.39 is 0 Å². The van der Waals surface area contributed by atoms with E-state index in [2.05, 4.69) is 28.6 Å². The van der Waals surface area contributed by atoms with Crippen LogP contribution in [0.25, 0.3) is 0 Å². The number of halogens is 1. The standard InChI is InChI=1S/C19H31N3O3.HI/c1-15-6-5-7-17(12-15)25-16(2)13-21-18(20-3)22-14-19(23-4)8-10-24-11-9-19;/h5-7,12,16H,8-11,13-14H2,1-4H3,(H2,20,21,22);1H. The van der Waals surface area contributed by atoms with Gasteiger partial charge in [-0.15, -0.1) is 24.0 Å². The minimum Gasteiger partial charge on any atom is -0.489 e. The van der Waals surface area contributed by atoms with Gasteiger partial charge in [-0.05, 0) is 31.5 Å². The van der Waals surface area contributed by atoms with E-state index in [0.29, 0.717) is 13.1 Å².